The van der Waals surface area contributed by atoms with Gasteiger partial charge in [-0.25, -0.2) is 4.79 Å². The van der Waals surface area contributed by atoms with Crippen molar-refractivity contribution < 1.29 is 14.3 Å². The number of urea groups is 1. The number of nitrogens with zero attached hydrogens (tertiary/aromatic N) is 2. The Morgan fingerprint density at radius 3 is 2.45 bits per heavy atom. The van der Waals surface area contributed by atoms with Crippen LogP contribution in [0.15, 0.2) is 60.8 Å². The summed E-state index contributed by atoms with van der Waals surface area (Å²) in [6.07, 6.45) is 2.94. The molecule has 0 unspecified atom stereocenters. The van der Waals surface area contributed by atoms with E-state index in [1.165, 1.54) is 6.20 Å². The first-order valence-electron chi connectivity index (χ1n) is 10.2. The van der Waals surface area contributed by atoms with Crippen LogP contribution in [0.1, 0.15) is 23.2 Å². The first-order valence-corrected chi connectivity index (χ1v) is 10.2. The maximum absolute atomic E-state index is 12.9. The van der Waals surface area contributed by atoms with Crippen LogP contribution < -0.4 is 15.4 Å². The highest BCUT2D eigenvalue weighted by atomic mass is 16.5. The summed E-state index contributed by atoms with van der Waals surface area (Å²) in [5.74, 6) is 0.573. The van der Waals surface area contributed by atoms with Gasteiger partial charge in [0.25, 0.3) is 5.91 Å². The number of piperidine rings is 1. The Balaban J connectivity index is 1.32. The van der Waals surface area contributed by atoms with E-state index < -0.39 is 0 Å². The maximum atomic E-state index is 12.9. The molecule has 3 aromatic rings. The molecule has 2 heterocycles. The number of amides is 3. The van der Waals surface area contributed by atoms with Crippen molar-refractivity contribution in [2.75, 3.05) is 25.5 Å². The number of H-pyrrole nitrogens is 1. The van der Waals surface area contributed by atoms with Crippen molar-refractivity contribution in [3.05, 3.63) is 66.4 Å². The molecule has 3 N–H and O–H groups in total. The number of ether oxygens (including phenoxy) is 1. The van der Waals surface area contributed by atoms with E-state index in [2.05, 4.69) is 20.8 Å². The Labute approximate surface area is 180 Å². The number of hydrogen-bond acceptors (Lipinski definition) is 4. The summed E-state index contributed by atoms with van der Waals surface area (Å²) in [5.41, 5.74) is 2.79. The van der Waals surface area contributed by atoms with E-state index in [0.717, 1.165) is 17.0 Å². The third-order valence-corrected chi connectivity index (χ3v) is 5.41. The van der Waals surface area contributed by atoms with Gasteiger partial charge >= 0.3 is 6.03 Å². The van der Waals surface area contributed by atoms with Crippen molar-refractivity contribution in [3.8, 4) is 17.0 Å². The molecule has 0 spiro atoms. The fraction of sp³-hybridized carbons (Fsp3) is 0.261. The lowest BCUT2D eigenvalue weighted by atomic mass is 10.0. The highest BCUT2D eigenvalue weighted by Gasteiger charge is 2.25. The molecule has 0 bridgehead atoms. The molecule has 2 aromatic carbocycles. The Morgan fingerprint density at radius 1 is 1.06 bits per heavy atom. The van der Waals surface area contributed by atoms with Crippen LogP contribution in [0.25, 0.3) is 11.3 Å². The minimum atomic E-state index is -0.174. The number of likely N-dealkylation sites (tertiary alicyclic amines) is 1. The van der Waals surface area contributed by atoms with Gasteiger partial charge < -0.3 is 20.3 Å². The molecule has 1 saturated heterocycles. The number of para-hydroxylation sites is 1. The van der Waals surface area contributed by atoms with Crippen molar-refractivity contribution in [2.24, 2.45) is 0 Å². The summed E-state index contributed by atoms with van der Waals surface area (Å²) < 4.78 is 5.19. The molecular weight excluding hydrogens is 394 g/mol. The first kappa shape index (κ1) is 20.5. The molecule has 3 amide bonds. The van der Waals surface area contributed by atoms with Crippen LogP contribution in [0, 0.1) is 0 Å². The molecule has 8 heteroatoms. The SMILES string of the molecule is COc1ccc(-c2[nH]ncc2C(=O)NC2CCN(C(=O)Nc3ccccc3)CC2)cc1. The largest absolute Gasteiger partial charge is 0.497 e. The molecule has 1 fully saturated rings. The number of methoxy groups -OCH3 is 1. The number of hydrogen-bond donors (Lipinski definition) is 3. The normalized spacial score (nSPS) is 14.2. The Bertz CT molecular complexity index is 1020. The van der Waals surface area contributed by atoms with Crippen LogP contribution in [-0.4, -0.2) is 53.3 Å². The summed E-state index contributed by atoms with van der Waals surface area (Å²) in [6.45, 7) is 1.17. The summed E-state index contributed by atoms with van der Waals surface area (Å²) >= 11 is 0. The second-order valence-corrected chi connectivity index (χ2v) is 7.42. The van der Waals surface area contributed by atoms with Gasteiger partial charge in [-0.15, -0.1) is 0 Å². The van der Waals surface area contributed by atoms with E-state index in [4.69, 9.17) is 4.74 Å². The van der Waals surface area contributed by atoms with Crippen LogP contribution >= 0.6 is 0 Å². The lowest BCUT2D eigenvalue weighted by Gasteiger charge is -2.32. The lowest BCUT2D eigenvalue weighted by Crippen LogP contribution is -2.47. The monoisotopic (exact) mass is 419 g/mol. The van der Waals surface area contributed by atoms with Crippen molar-refractivity contribution in [1.82, 2.24) is 20.4 Å². The average Bonchev–Trinajstić information content (AvgIpc) is 3.30. The molecule has 1 aromatic heterocycles. The number of aromatic amines is 1. The number of nitrogens with one attached hydrogen (secondary N) is 3. The fourth-order valence-electron chi connectivity index (χ4n) is 3.65. The van der Waals surface area contributed by atoms with Gasteiger partial charge in [0.2, 0.25) is 0 Å². The van der Waals surface area contributed by atoms with Crippen molar-refractivity contribution >= 4 is 17.6 Å². The molecule has 0 radical (unpaired) electrons. The molecule has 1 aliphatic heterocycles. The third-order valence-electron chi connectivity index (χ3n) is 5.41. The van der Waals surface area contributed by atoms with Crippen LogP contribution in [-0.2, 0) is 0 Å². The van der Waals surface area contributed by atoms with Gasteiger partial charge in [-0.3, -0.25) is 9.89 Å². The summed E-state index contributed by atoms with van der Waals surface area (Å²) in [4.78, 5) is 27.1. The zero-order chi connectivity index (χ0) is 21.6. The smallest absolute Gasteiger partial charge is 0.321 e. The van der Waals surface area contributed by atoms with E-state index in [0.29, 0.717) is 37.2 Å². The Hall–Kier alpha value is -3.81. The Morgan fingerprint density at radius 2 is 1.77 bits per heavy atom. The predicted octanol–water partition coefficient (Wildman–Crippen LogP) is 3.51. The highest BCUT2D eigenvalue weighted by Crippen LogP contribution is 2.24. The topological polar surface area (TPSA) is 99.3 Å². The zero-order valence-electron chi connectivity index (χ0n) is 17.3. The van der Waals surface area contributed by atoms with E-state index >= 15 is 0 Å². The zero-order valence-corrected chi connectivity index (χ0v) is 17.3. The van der Waals surface area contributed by atoms with E-state index in [1.807, 2.05) is 54.6 Å². The predicted molar refractivity (Wildman–Crippen MR) is 118 cm³/mol. The van der Waals surface area contributed by atoms with Gasteiger partial charge in [-0.2, -0.15) is 5.10 Å². The number of carbonyl (C=O) groups excluding carboxylic acids is 2. The molecular formula is C23H25N5O3. The average molecular weight is 419 g/mol. The number of benzene rings is 2. The minimum Gasteiger partial charge on any atom is -0.497 e. The Kier molecular flexibility index (Phi) is 6.16. The summed E-state index contributed by atoms with van der Waals surface area (Å²) in [6, 6.07) is 16.7. The van der Waals surface area contributed by atoms with Gasteiger partial charge in [0.1, 0.15) is 5.75 Å². The number of anilines is 1. The third kappa shape index (κ3) is 4.85. The number of carbonyl (C=O) groups is 2. The van der Waals surface area contributed by atoms with Crippen LogP contribution in [0.5, 0.6) is 5.75 Å². The van der Waals surface area contributed by atoms with Crippen LogP contribution in [0.4, 0.5) is 10.5 Å². The quantitative estimate of drug-likeness (QED) is 0.589. The molecule has 8 nitrogen and oxygen atoms in total. The van der Waals surface area contributed by atoms with Crippen LogP contribution in [0.2, 0.25) is 0 Å². The molecule has 160 valence electrons. The van der Waals surface area contributed by atoms with Gasteiger partial charge in [0, 0.05) is 30.4 Å². The molecule has 0 aliphatic carbocycles. The van der Waals surface area contributed by atoms with E-state index in [1.54, 1.807) is 12.0 Å². The molecule has 0 atom stereocenters. The highest BCUT2D eigenvalue weighted by molar-refractivity contribution is 6.00. The lowest BCUT2D eigenvalue weighted by molar-refractivity contribution is 0.0920. The summed E-state index contributed by atoms with van der Waals surface area (Å²) in [5, 5.41) is 12.9. The second kappa shape index (κ2) is 9.34. The van der Waals surface area contributed by atoms with Gasteiger partial charge in [0.15, 0.2) is 0 Å². The van der Waals surface area contributed by atoms with Crippen molar-refractivity contribution in [2.45, 2.75) is 18.9 Å². The first-order chi connectivity index (χ1) is 15.1. The second-order valence-electron chi connectivity index (χ2n) is 7.42. The van der Waals surface area contributed by atoms with Crippen molar-refractivity contribution in [3.63, 3.8) is 0 Å². The fourth-order valence-corrected chi connectivity index (χ4v) is 3.65. The van der Waals surface area contributed by atoms with E-state index in [9.17, 15) is 9.59 Å². The summed E-state index contributed by atoms with van der Waals surface area (Å²) in [7, 11) is 1.61. The van der Waals surface area contributed by atoms with Gasteiger partial charge in [0.05, 0.1) is 24.6 Å². The molecule has 0 saturated carbocycles. The van der Waals surface area contributed by atoms with Gasteiger partial charge in [-0.1, -0.05) is 18.2 Å². The molecule has 4 rings (SSSR count). The van der Waals surface area contributed by atoms with Crippen molar-refractivity contribution in [1.29, 1.82) is 0 Å². The number of aromatic nitrogens is 2. The molecule has 1 aliphatic rings. The minimum absolute atomic E-state index is 0.00638. The van der Waals surface area contributed by atoms with Crippen LogP contribution in [0.3, 0.4) is 0 Å². The van der Waals surface area contributed by atoms with Gasteiger partial charge in [-0.05, 0) is 49.2 Å². The maximum Gasteiger partial charge on any atom is 0.321 e. The molecule has 31 heavy (non-hydrogen) atoms. The van der Waals surface area contributed by atoms with E-state index in [-0.39, 0.29) is 18.0 Å². The number of rotatable bonds is 5. The standard InChI is InChI=1S/C23H25N5O3/c1-31-19-9-7-16(8-10-19)21-20(15-24-27-21)22(29)25-18-11-13-28(14-12-18)23(30)26-17-5-3-2-4-6-17/h2-10,15,18H,11-14H2,1H3,(H,24,27)(H,25,29)(H,26,30).